The fourth-order valence-electron chi connectivity index (χ4n) is 2.38. The van der Waals surface area contributed by atoms with E-state index in [0.29, 0.717) is 0 Å². The standard InChI is InChI=1S/C14H6N2O4/c17-13-7-3-1-5-9(15-19)11(7)12-8(14(13)18)4-2-6-10(12)16-20/h1-6H. The average molecular weight is 266 g/mol. The first-order chi connectivity index (χ1) is 9.69. The van der Waals surface area contributed by atoms with Crippen molar-refractivity contribution in [2.24, 2.45) is 10.4 Å². The number of carbonyl (C=O) groups excluding carboxylic acids is 2. The van der Waals surface area contributed by atoms with E-state index in [1.807, 2.05) is 0 Å². The van der Waals surface area contributed by atoms with Gasteiger partial charge in [0.05, 0.1) is 0 Å². The maximum Gasteiger partial charge on any atom is 0.234 e. The van der Waals surface area contributed by atoms with Gasteiger partial charge in [-0.2, -0.15) is 0 Å². The number of Topliss-reactive ketones (excluding diaryl/α,β-unsaturated/α-hetero) is 2. The van der Waals surface area contributed by atoms with Gasteiger partial charge in [-0.25, -0.2) is 0 Å². The monoisotopic (exact) mass is 266 g/mol. The number of nitrogens with zero attached hydrogens (tertiary/aromatic N) is 2. The van der Waals surface area contributed by atoms with Gasteiger partial charge in [0, 0.05) is 22.3 Å². The lowest BCUT2D eigenvalue weighted by Gasteiger charge is -2.19. The molecule has 0 N–H and O–H groups in total. The van der Waals surface area contributed by atoms with E-state index in [1.165, 1.54) is 36.4 Å². The summed E-state index contributed by atoms with van der Waals surface area (Å²) in [6, 6.07) is 8.61. The Morgan fingerprint density at radius 2 is 1.05 bits per heavy atom. The lowest BCUT2D eigenvalue weighted by Crippen LogP contribution is -2.21. The normalized spacial score (nSPS) is 12.6. The first-order valence-corrected chi connectivity index (χ1v) is 5.71. The van der Waals surface area contributed by atoms with E-state index in [9.17, 15) is 19.4 Å². The largest absolute Gasteiger partial charge is 0.285 e. The molecule has 1 aliphatic rings. The third kappa shape index (κ3) is 1.45. The zero-order valence-corrected chi connectivity index (χ0v) is 9.99. The van der Waals surface area contributed by atoms with Crippen LogP contribution in [-0.4, -0.2) is 11.6 Å². The molecule has 0 saturated heterocycles. The summed E-state index contributed by atoms with van der Waals surface area (Å²) < 4.78 is 0. The third-order valence-electron chi connectivity index (χ3n) is 3.23. The van der Waals surface area contributed by atoms with Crippen molar-refractivity contribution in [1.29, 1.82) is 0 Å². The predicted octanol–water partition coefficient (Wildman–Crippen LogP) is 3.53. The van der Waals surface area contributed by atoms with Crippen molar-refractivity contribution in [3.05, 3.63) is 57.3 Å². The fourth-order valence-corrected chi connectivity index (χ4v) is 2.38. The summed E-state index contributed by atoms with van der Waals surface area (Å²) in [5.41, 5.74) is 0.516. The molecule has 1 aliphatic carbocycles. The zero-order valence-electron chi connectivity index (χ0n) is 9.99. The highest BCUT2D eigenvalue weighted by atomic mass is 16.3. The summed E-state index contributed by atoms with van der Waals surface area (Å²) in [6.07, 6.45) is 0. The van der Waals surface area contributed by atoms with E-state index < -0.39 is 11.6 Å². The topological polar surface area (TPSA) is 93.0 Å². The second-order valence-corrected chi connectivity index (χ2v) is 4.24. The molecule has 0 unspecified atom stereocenters. The Bertz CT molecular complexity index is 728. The van der Waals surface area contributed by atoms with Crippen molar-refractivity contribution in [3.8, 4) is 11.1 Å². The van der Waals surface area contributed by atoms with Crippen LogP contribution < -0.4 is 0 Å². The van der Waals surface area contributed by atoms with Crippen LogP contribution in [0.25, 0.3) is 11.1 Å². The summed E-state index contributed by atoms with van der Waals surface area (Å²) in [5.74, 6) is -1.44. The van der Waals surface area contributed by atoms with Gasteiger partial charge in [-0.3, -0.25) is 9.59 Å². The highest BCUT2D eigenvalue weighted by molar-refractivity contribution is 6.53. The van der Waals surface area contributed by atoms with Crippen LogP contribution in [0.1, 0.15) is 20.7 Å². The molecule has 2 aromatic rings. The van der Waals surface area contributed by atoms with Crippen LogP contribution >= 0.6 is 0 Å². The number of hydrogen-bond donors (Lipinski definition) is 0. The zero-order chi connectivity index (χ0) is 14.3. The first kappa shape index (κ1) is 12.0. The molecular weight excluding hydrogens is 260 g/mol. The first-order valence-electron chi connectivity index (χ1n) is 5.71. The van der Waals surface area contributed by atoms with Crippen LogP contribution in [0.15, 0.2) is 46.8 Å². The van der Waals surface area contributed by atoms with Crippen LogP contribution in [0.2, 0.25) is 0 Å². The lowest BCUT2D eigenvalue weighted by molar-refractivity contribution is 0.0815. The second-order valence-electron chi connectivity index (χ2n) is 4.24. The molecular formula is C14H6N2O4. The number of rotatable bonds is 2. The molecule has 0 bridgehead atoms. The van der Waals surface area contributed by atoms with Crippen molar-refractivity contribution in [1.82, 2.24) is 0 Å². The van der Waals surface area contributed by atoms with Crippen LogP contribution in [0, 0.1) is 9.81 Å². The Kier molecular flexibility index (Phi) is 2.57. The number of ketones is 2. The SMILES string of the molecule is O=Nc1cccc2c1-c1c(N=O)cccc1C(=O)C2=O. The molecule has 0 radical (unpaired) electrons. The molecule has 6 nitrogen and oxygen atoms in total. The van der Waals surface area contributed by atoms with Gasteiger partial charge < -0.3 is 0 Å². The van der Waals surface area contributed by atoms with Crippen molar-refractivity contribution >= 4 is 22.9 Å². The van der Waals surface area contributed by atoms with E-state index in [-0.39, 0.29) is 33.6 Å². The summed E-state index contributed by atoms with van der Waals surface area (Å²) in [5, 5.41) is 5.72. The summed E-state index contributed by atoms with van der Waals surface area (Å²) in [7, 11) is 0. The van der Waals surface area contributed by atoms with Crippen LogP contribution in [0.5, 0.6) is 0 Å². The van der Waals surface area contributed by atoms with Crippen molar-refractivity contribution in [2.75, 3.05) is 0 Å². The maximum atomic E-state index is 12.0. The Balaban J connectivity index is 2.51. The summed E-state index contributed by atoms with van der Waals surface area (Å²) in [4.78, 5) is 45.9. The molecule has 0 fully saturated rings. The number of nitroso groups, excluding NO2 is 2. The molecule has 2 aromatic carbocycles. The van der Waals surface area contributed by atoms with Gasteiger partial charge in [0.15, 0.2) is 0 Å². The molecule has 0 saturated carbocycles. The summed E-state index contributed by atoms with van der Waals surface area (Å²) in [6.45, 7) is 0. The van der Waals surface area contributed by atoms with Crippen LogP contribution in [0.3, 0.4) is 0 Å². The quantitative estimate of drug-likeness (QED) is 0.613. The summed E-state index contributed by atoms with van der Waals surface area (Å²) >= 11 is 0. The van der Waals surface area contributed by atoms with Gasteiger partial charge in [-0.15, -0.1) is 9.81 Å². The molecule has 0 amide bonds. The minimum Gasteiger partial charge on any atom is -0.285 e. The van der Waals surface area contributed by atoms with E-state index in [1.54, 1.807) is 0 Å². The van der Waals surface area contributed by atoms with Gasteiger partial charge >= 0.3 is 0 Å². The molecule has 0 heterocycles. The van der Waals surface area contributed by atoms with E-state index in [2.05, 4.69) is 10.4 Å². The molecule has 6 heteroatoms. The Morgan fingerprint density at radius 1 is 0.650 bits per heavy atom. The Morgan fingerprint density at radius 3 is 1.40 bits per heavy atom. The fraction of sp³-hybridized carbons (Fsp3) is 0. The Labute approximate surface area is 112 Å². The smallest absolute Gasteiger partial charge is 0.234 e. The second kappa shape index (κ2) is 4.27. The molecule has 0 spiro atoms. The predicted molar refractivity (Wildman–Crippen MR) is 71.4 cm³/mol. The third-order valence-corrected chi connectivity index (χ3v) is 3.23. The van der Waals surface area contributed by atoms with E-state index in [0.717, 1.165) is 0 Å². The van der Waals surface area contributed by atoms with Crippen molar-refractivity contribution in [2.45, 2.75) is 0 Å². The van der Waals surface area contributed by atoms with Crippen molar-refractivity contribution in [3.63, 3.8) is 0 Å². The van der Waals surface area contributed by atoms with Crippen molar-refractivity contribution < 1.29 is 9.59 Å². The van der Waals surface area contributed by atoms with Crippen LogP contribution in [0.4, 0.5) is 11.4 Å². The average Bonchev–Trinajstić information content (AvgIpc) is 2.50. The van der Waals surface area contributed by atoms with Gasteiger partial charge in [-0.05, 0) is 22.5 Å². The molecule has 0 atom stereocenters. The van der Waals surface area contributed by atoms with Gasteiger partial charge in [0.25, 0.3) is 0 Å². The highest BCUT2D eigenvalue weighted by Gasteiger charge is 2.34. The van der Waals surface area contributed by atoms with Gasteiger partial charge in [0.1, 0.15) is 11.4 Å². The lowest BCUT2D eigenvalue weighted by atomic mass is 9.82. The number of fused-ring (bicyclic) bond motifs is 3. The molecule has 3 rings (SSSR count). The molecule has 20 heavy (non-hydrogen) atoms. The minimum atomic E-state index is -0.721. The molecule has 0 aromatic heterocycles. The van der Waals surface area contributed by atoms with E-state index in [4.69, 9.17) is 0 Å². The highest BCUT2D eigenvalue weighted by Crippen LogP contribution is 2.44. The maximum absolute atomic E-state index is 12.0. The number of benzene rings is 2. The Hall–Kier alpha value is -3.02. The van der Waals surface area contributed by atoms with Crippen LogP contribution in [-0.2, 0) is 0 Å². The van der Waals surface area contributed by atoms with Gasteiger partial charge in [0.2, 0.25) is 11.6 Å². The number of carbonyl (C=O) groups is 2. The number of hydrogen-bond acceptors (Lipinski definition) is 6. The van der Waals surface area contributed by atoms with Gasteiger partial charge in [-0.1, -0.05) is 24.3 Å². The molecule has 0 aliphatic heterocycles. The van der Waals surface area contributed by atoms with E-state index >= 15 is 0 Å². The molecule has 96 valence electrons. The minimum absolute atomic E-state index is 0.000648.